The summed E-state index contributed by atoms with van der Waals surface area (Å²) in [5.41, 5.74) is -0.648. The molecule has 220 valence electrons. The molecule has 2 aromatic rings. The van der Waals surface area contributed by atoms with Crippen LogP contribution in [0.5, 0.6) is 0 Å². The fourth-order valence-corrected chi connectivity index (χ4v) is 4.49. The second-order valence-corrected chi connectivity index (χ2v) is 9.97. The van der Waals surface area contributed by atoms with Crippen LogP contribution < -0.4 is 11.0 Å². The predicted octanol–water partition coefficient (Wildman–Crippen LogP) is 2.58. The van der Waals surface area contributed by atoms with E-state index in [-0.39, 0.29) is 16.9 Å². The average molecular weight is 561 g/mol. The number of hydrogen-bond acceptors (Lipinski definition) is 10. The van der Waals surface area contributed by atoms with Crippen molar-refractivity contribution in [3.05, 3.63) is 52.3 Å². The zero-order chi connectivity index (χ0) is 28.9. The van der Waals surface area contributed by atoms with Crippen molar-refractivity contribution in [3.8, 4) is 0 Å². The molecule has 4 atom stereocenters. The van der Waals surface area contributed by atoms with Crippen LogP contribution in [0.15, 0.2) is 35.5 Å². The van der Waals surface area contributed by atoms with Crippen LogP contribution in [0, 0.1) is 0 Å². The van der Waals surface area contributed by atoms with Crippen LogP contribution in [0.2, 0.25) is 0 Å². The summed E-state index contributed by atoms with van der Waals surface area (Å²) in [6.45, 7) is 1.97. The number of pyridine rings is 1. The summed E-state index contributed by atoms with van der Waals surface area (Å²) in [6, 6.07) is 2.66. The Morgan fingerprint density at radius 3 is 2.27 bits per heavy atom. The fraction of sp³-hybridized carbons (Fsp3) is 0.607. The lowest BCUT2D eigenvalue weighted by Crippen LogP contribution is -2.36. The van der Waals surface area contributed by atoms with Crippen LogP contribution >= 0.6 is 0 Å². The third kappa shape index (κ3) is 8.91. The second kappa shape index (κ2) is 16.2. The topological polar surface area (TPSA) is 173 Å². The lowest BCUT2D eigenvalue weighted by Gasteiger charge is -2.17. The summed E-state index contributed by atoms with van der Waals surface area (Å²) in [7, 11) is 0. The highest BCUT2D eigenvalue weighted by molar-refractivity contribution is 6.04. The quantitative estimate of drug-likeness (QED) is 0.176. The number of carbonyl (C=O) groups is 2. The lowest BCUT2D eigenvalue weighted by molar-refractivity contribution is -0.0549. The van der Waals surface area contributed by atoms with Gasteiger partial charge in [-0.1, -0.05) is 64.7 Å². The number of esters is 1. The number of nitrogens with one attached hydrogen (secondary N) is 1. The maximum atomic E-state index is 12.7. The maximum Gasteiger partial charge on any atom is 0.351 e. The zero-order valence-corrected chi connectivity index (χ0v) is 22.9. The van der Waals surface area contributed by atoms with Crippen molar-refractivity contribution in [2.45, 2.75) is 95.7 Å². The predicted molar refractivity (Wildman–Crippen MR) is 146 cm³/mol. The number of aliphatic hydroxyl groups excluding tert-OH is 3. The molecule has 1 saturated heterocycles. The van der Waals surface area contributed by atoms with Gasteiger partial charge in [-0.15, -0.1) is 0 Å². The maximum absolute atomic E-state index is 12.7. The lowest BCUT2D eigenvalue weighted by atomic mass is 10.1. The molecule has 0 spiro atoms. The van der Waals surface area contributed by atoms with Crippen molar-refractivity contribution in [2.75, 3.05) is 18.5 Å². The van der Waals surface area contributed by atoms with Gasteiger partial charge in [0, 0.05) is 18.6 Å². The number of rotatable bonds is 16. The van der Waals surface area contributed by atoms with Crippen LogP contribution in [0.3, 0.4) is 0 Å². The van der Waals surface area contributed by atoms with Crippen LogP contribution in [0.1, 0.15) is 98.1 Å². The minimum absolute atomic E-state index is 0.0721. The molecule has 12 heteroatoms. The largest absolute Gasteiger partial charge is 0.462 e. The summed E-state index contributed by atoms with van der Waals surface area (Å²) in [5.74, 6) is -1.29. The Kier molecular flexibility index (Phi) is 12.7. The van der Waals surface area contributed by atoms with Crippen molar-refractivity contribution >= 4 is 17.7 Å². The van der Waals surface area contributed by atoms with Crippen molar-refractivity contribution in [3.63, 3.8) is 0 Å². The SMILES string of the molecule is CCCCCCCCCCCCOC(=O)c1cncc(C(=O)Nc2ccn([C@@H]3O[C@H](CO)[C@@H](O)[C@@H]3O)c(=O)n2)c1. The van der Waals surface area contributed by atoms with E-state index in [4.69, 9.17) is 9.47 Å². The monoisotopic (exact) mass is 560 g/mol. The van der Waals surface area contributed by atoms with E-state index in [0.29, 0.717) is 6.61 Å². The first-order valence-electron chi connectivity index (χ1n) is 14.0. The first kappa shape index (κ1) is 31.3. The molecule has 3 heterocycles. The molecule has 2 aromatic heterocycles. The molecule has 0 saturated carbocycles. The Hall–Kier alpha value is -3.19. The van der Waals surface area contributed by atoms with Gasteiger partial charge >= 0.3 is 11.7 Å². The van der Waals surface area contributed by atoms with E-state index in [9.17, 15) is 29.7 Å². The molecular formula is C28H40N4O8. The van der Waals surface area contributed by atoms with E-state index in [1.807, 2.05) is 0 Å². The van der Waals surface area contributed by atoms with E-state index < -0.39 is 48.7 Å². The van der Waals surface area contributed by atoms with Gasteiger partial charge in [0.05, 0.1) is 24.3 Å². The highest BCUT2D eigenvalue weighted by atomic mass is 16.6. The Morgan fingerprint density at radius 2 is 1.65 bits per heavy atom. The summed E-state index contributed by atoms with van der Waals surface area (Å²) in [5, 5.41) is 31.7. The molecule has 1 aliphatic heterocycles. The van der Waals surface area contributed by atoms with Gasteiger partial charge in [-0.25, -0.2) is 9.59 Å². The van der Waals surface area contributed by atoms with Crippen molar-refractivity contribution in [2.24, 2.45) is 0 Å². The van der Waals surface area contributed by atoms with Crippen molar-refractivity contribution in [1.29, 1.82) is 0 Å². The smallest absolute Gasteiger partial charge is 0.351 e. The number of anilines is 1. The molecule has 1 fully saturated rings. The standard InChI is InChI=1S/C28H40N4O8/c1-2-3-4-5-6-7-8-9-10-11-14-39-27(37)20-15-19(16-29-17-20)25(36)30-22-12-13-32(28(38)31-22)26-24(35)23(34)21(18-33)40-26/h12-13,15-17,21,23-24,26,33-35H,2-11,14,18H2,1H3,(H,30,31,36,38)/t21-,23-,24+,26-/m1/s1. The Labute approximate surface area is 233 Å². The van der Waals surface area contributed by atoms with Gasteiger partial charge in [0.15, 0.2) is 6.23 Å². The number of hydrogen-bond donors (Lipinski definition) is 4. The number of amides is 1. The molecule has 0 aromatic carbocycles. The van der Waals surface area contributed by atoms with E-state index in [1.54, 1.807) is 0 Å². The second-order valence-electron chi connectivity index (χ2n) is 9.97. The zero-order valence-electron chi connectivity index (χ0n) is 22.9. The fourth-order valence-electron chi connectivity index (χ4n) is 4.49. The summed E-state index contributed by atoms with van der Waals surface area (Å²) in [4.78, 5) is 45.3. The molecule has 0 radical (unpaired) electrons. The number of ether oxygens (including phenoxy) is 2. The third-order valence-corrected chi connectivity index (χ3v) is 6.83. The minimum atomic E-state index is -1.45. The molecular weight excluding hydrogens is 520 g/mol. The number of nitrogens with zero attached hydrogens (tertiary/aromatic N) is 3. The Balaban J connectivity index is 1.45. The van der Waals surface area contributed by atoms with E-state index in [1.165, 1.54) is 75.7 Å². The van der Waals surface area contributed by atoms with E-state index in [2.05, 4.69) is 22.2 Å². The van der Waals surface area contributed by atoms with Gasteiger partial charge in [-0.05, 0) is 18.6 Å². The molecule has 0 unspecified atom stereocenters. The molecule has 3 rings (SSSR count). The summed E-state index contributed by atoms with van der Waals surface area (Å²) < 4.78 is 11.6. The first-order valence-corrected chi connectivity index (χ1v) is 14.0. The van der Waals surface area contributed by atoms with Crippen LogP contribution in [0.4, 0.5) is 5.82 Å². The average Bonchev–Trinajstić information content (AvgIpc) is 3.24. The van der Waals surface area contributed by atoms with Crippen LogP contribution in [0.25, 0.3) is 0 Å². The van der Waals surface area contributed by atoms with E-state index in [0.717, 1.165) is 23.8 Å². The molecule has 0 aliphatic carbocycles. The highest BCUT2D eigenvalue weighted by Gasteiger charge is 2.43. The van der Waals surface area contributed by atoms with Gasteiger partial charge in [-0.3, -0.25) is 14.3 Å². The molecule has 12 nitrogen and oxygen atoms in total. The normalized spacial score (nSPS) is 20.4. The first-order chi connectivity index (χ1) is 19.3. The van der Waals surface area contributed by atoms with Gasteiger partial charge in [-0.2, -0.15) is 4.98 Å². The van der Waals surface area contributed by atoms with Crippen molar-refractivity contribution in [1.82, 2.24) is 14.5 Å². The number of aromatic nitrogens is 3. The molecule has 1 amide bonds. The van der Waals surface area contributed by atoms with Gasteiger partial charge in [0.1, 0.15) is 24.1 Å². The van der Waals surface area contributed by atoms with E-state index >= 15 is 0 Å². The highest BCUT2D eigenvalue weighted by Crippen LogP contribution is 2.28. The van der Waals surface area contributed by atoms with Crippen LogP contribution in [-0.4, -0.2) is 73.3 Å². The summed E-state index contributed by atoms with van der Waals surface area (Å²) >= 11 is 0. The Bertz CT molecular complexity index is 1160. The molecule has 40 heavy (non-hydrogen) atoms. The molecule has 0 bridgehead atoms. The third-order valence-electron chi connectivity index (χ3n) is 6.83. The Morgan fingerprint density at radius 1 is 1.00 bits per heavy atom. The van der Waals surface area contributed by atoms with Crippen molar-refractivity contribution < 1.29 is 34.4 Å². The van der Waals surface area contributed by atoms with Gasteiger partial charge in [0.25, 0.3) is 5.91 Å². The summed E-state index contributed by atoms with van der Waals surface area (Å²) in [6.07, 6.45) is 10.5. The minimum Gasteiger partial charge on any atom is -0.462 e. The number of carbonyl (C=O) groups excluding carboxylic acids is 2. The van der Waals surface area contributed by atoms with Crippen LogP contribution in [-0.2, 0) is 9.47 Å². The van der Waals surface area contributed by atoms with Gasteiger partial charge < -0.3 is 30.1 Å². The van der Waals surface area contributed by atoms with Gasteiger partial charge in [0.2, 0.25) is 0 Å². The molecule has 1 aliphatic rings. The number of unbranched alkanes of at least 4 members (excludes halogenated alkanes) is 9. The molecule has 4 N–H and O–H groups in total. The number of aliphatic hydroxyl groups is 3.